The van der Waals surface area contributed by atoms with Crippen LogP contribution in [0.5, 0.6) is 0 Å². The molecule has 0 aromatic heterocycles. The van der Waals surface area contributed by atoms with Crippen LogP contribution >= 0.6 is 0 Å². The third-order valence-corrected chi connectivity index (χ3v) is 3.71. The van der Waals surface area contributed by atoms with E-state index >= 15 is 0 Å². The zero-order valence-electron chi connectivity index (χ0n) is 11.1. The maximum absolute atomic E-state index is 12.0. The van der Waals surface area contributed by atoms with Gasteiger partial charge in [-0.15, -0.1) is 0 Å². The molecule has 2 rings (SSSR count). The molecular weight excluding hydrogens is 224 g/mol. The first-order valence-electron chi connectivity index (χ1n) is 6.84. The highest BCUT2D eigenvalue weighted by atomic mass is 16.2. The predicted octanol–water partition coefficient (Wildman–Crippen LogP) is 3.41. The molecule has 18 heavy (non-hydrogen) atoms. The van der Waals surface area contributed by atoms with Gasteiger partial charge in [0.1, 0.15) is 0 Å². The van der Waals surface area contributed by atoms with Gasteiger partial charge in [-0.3, -0.25) is 4.90 Å². The lowest BCUT2D eigenvalue weighted by Crippen LogP contribution is -2.40. The average Bonchev–Trinajstić information content (AvgIpc) is 2.46. The van der Waals surface area contributed by atoms with Gasteiger partial charge in [0.25, 0.3) is 0 Å². The van der Waals surface area contributed by atoms with Gasteiger partial charge in [-0.2, -0.15) is 0 Å². The number of urea groups is 1. The number of hydrogen-bond donors (Lipinski definition) is 1. The molecule has 0 bridgehead atoms. The second-order valence-corrected chi connectivity index (χ2v) is 5.08. The summed E-state index contributed by atoms with van der Waals surface area (Å²) in [7, 11) is 1.81. The number of carbonyl (C=O) groups is 1. The molecule has 1 aromatic rings. The van der Waals surface area contributed by atoms with E-state index in [-0.39, 0.29) is 6.03 Å². The van der Waals surface area contributed by atoms with E-state index in [1.807, 2.05) is 37.4 Å². The first kappa shape index (κ1) is 12.9. The summed E-state index contributed by atoms with van der Waals surface area (Å²) >= 11 is 0. The number of nitrogens with one attached hydrogen (secondary N) is 1. The fraction of sp³-hybridized carbons (Fsp3) is 0.533. The summed E-state index contributed by atoms with van der Waals surface area (Å²) in [6.07, 6.45) is 6.50. The lowest BCUT2D eigenvalue weighted by atomic mass is 9.89. The van der Waals surface area contributed by atoms with E-state index in [0.717, 1.165) is 12.2 Å². The van der Waals surface area contributed by atoms with Crippen molar-refractivity contribution >= 4 is 11.7 Å². The van der Waals surface area contributed by atoms with Crippen molar-refractivity contribution in [3.8, 4) is 0 Å². The van der Waals surface area contributed by atoms with Crippen LogP contribution in [0.1, 0.15) is 32.1 Å². The highest BCUT2D eigenvalue weighted by molar-refractivity contribution is 5.91. The van der Waals surface area contributed by atoms with Crippen molar-refractivity contribution in [3.05, 3.63) is 30.3 Å². The van der Waals surface area contributed by atoms with Crippen LogP contribution in [0.2, 0.25) is 0 Å². The van der Waals surface area contributed by atoms with Gasteiger partial charge < -0.3 is 5.32 Å². The molecule has 1 fully saturated rings. The van der Waals surface area contributed by atoms with Crippen molar-refractivity contribution in [2.24, 2.45) is 5.92 Å². The summed E-state index contributed by atoms with van der Waals surface area (Å²) in [6, 6.07) is 9.73. The second kappa shape index (κ2) is 6.43. The highest BCUT2D eigenvalue weighted by Crippen LogP contribution is 2.22. The van der Waals surface area contributed by atoms with Crippen LogP contribution in [0.15, 0.2) is 30.3 Å². The zero-order valence-corrected chi connectivity index (χ0v) is 11.1. The number of hydrogen-bond acceptors (Lipinski definition) is 1. The fourth-order valence-electron chi connectivity index (χ4n) is 2.51. The van der Waals surface area contributed by atoms with Gasteiger partial charge in [-0.25, -0.2) is 4.79 Å². The molecule has 0 atom stereocenters. The Hall–Kier alpha value is -1.51. The normalized spacial score (nSPS) is 16.3. The van der Waals surface area contributed by atoms with Crippen LogP contribution < -0.4 is 10.2 Å². The van der Waals surface area contributed by atoms with Crippen molar-refractivity contribution in [2.45, 2.75) is 32.1 Å². The van der Waals surface area contributed by atoms with Crippen LogP contribution in [-0.4, -0.2) is 19.6 Å². The molecule has 0 unspecified atom stereocenters. The molecule has 98 valence electrons. The summed E-state index contributed by atoms with van der Waals surface area (Å²) in [5, 5.41) is 3.04. The number of rotatable bonds is 3. The maximum atomic E-state index is 12.0. The monoisotopic (exact) mass is 246 g/mol. The van der Waals surface area contributed by atoms with Gasteiger partial charge in [-0.1, -0.05) is 37.5 Å². The largest absolute Gasteiger partial charge is 0.337 e. The number of amides is 2. The van der Waals surface area contributed by atoms with Crippen LogP contribution in [0.25, 0.3) is 0 Å². The van der Waals surface area contributed by atoms with Gasteiger partial charge >= 0.3 is 6.03 Å². The Morgan fingerprint density at radius 3 is 2.56 bits per heavy atom. The van der Waals surface area contributed by atoms with Crippen molar-refractivity contribution < 1.29 is 4.79 Å². The Kier molecular flexibility index (Phi) is 4.62. The van der Waals surface area contributed by atoms with Crippen LogP contribution in [0.4, 0.5) is 10.5 Å². The van der Waals surface area contributed by atoms with Crippen molar-refractivity contribution in [1.82, 2.24) is 5.32 Å². The van der Waals surface area contributed by atoms with Gasteiger partial charge in [0.15, 0.2) is 0 Å². The van der Waals surface area contributed by atoms with E-state index in [0.29, 0.717) is 5.92 Å². The Labute approximate surface area is 109 Å². The van der Waals surface area contributed by atoms with E-state index in [9.17, 15) is 4.79 Å². The minimum Gasteiger partial charge on any atom is -0.337 e. The molecule has 1 aromatic carbocycles. The van der Waals surface area contributed by atoms with E-state index < -0.39 is 0 Å². The Morgan fingerprint density at radius 2 is 1.89 bits per heavy atom. The minimum atomic E-state index is -0.00762. The summed E-state index contributed by atoms with van der Waals surface area (Å²) in [5.41, 5.74) is 0.929. The Morgan fingerprint density at radius 1 is 1.22 bits per heavy atom. The Bertz CT molecular complexity index is 371. The first-order valence-corrected chi connectivity index (χ1v) is 6.84. The van der Waals surface area contributed by atoms with Crippen molar-refractivity contribution in [2.75, 3.05) is 18.5 Å². The third kappa shape index (κ3) is 3.49. The molecule has 1 N–H and O–H groups in total. The predicted molar refractivity (Wildman–Crippen MR) is 74.8 cm³/mol. The van der Waals surface area contributed by atoms with Crippen LogP contribution in [0.3, 0.4) is 0 Å². The van der Waals surface area contributed by atoms with Gasteiger partial charge in [-0.05, 0) is 30.9 Å². The molecule has 0 saturated heterocycles. The smallest absolute Gasteiger partial charge is 0.321 e. The first-order chi connectivity index (χ1) is 8.77. The summed E-state index contributed by atoms with van der Waals surface area (Å²) < 4.78 is 0. The summed E-state index contributed by atoms with van der Waals surface area (Å²) in [5.74, 6) is 0.673. The van der Waals surface area contributed by atoms with Crippen LogP contribution in [0, 0.1) is 5.92 Å². The number of para-hydroxylation sites is 1. The van der Waals surface area contributed by atoms with E-state index in [4.69, 9.17) is 0 Å². The molecule has 3 heteroatoms. The number of carbonyl (C=O) groups excluding carboxylic acids is 1. The number of anilines is 1. The fourth-order valence-corrected chi connectivity index (χ4v) is 2.51. The maximum Gasteiger partial charge on any atom is 0.321 e. The molecule has 1 aliphatic rings. The molecule has 0 spiro atoms. The van der Waals surface area contributed by atoms with Crippen LogP contribution in [-0.2, 0) is 0 Å². The van der Waals surface area contributed by atoms with Crippen molar-refractivity contribution in [3.63, 3.8) is 0 Å². The molecule has 1 aliphatic carbocycles. The topological polar surface area (TPSA) is 32.3 Å². The molecule has 0 heterocycles. The average molecular weight is 246 g/mol. The molecule has 0 aliphatic heterocycles. The SMILES string of the molecule is CN(C(=O)NCC1CCCCC1)c1ccccc1. The molecule has 2 amide bonds. The van der Waals surface area contributed by atoms with E-state index in [1.165, 1.54) is 32.1 Å². The quantitative estimate of drug-likeness (QED) is 0.871. The number of benzene rings is 1. The minimum absolute atomic E-state index is 0.00762. The number of nitrogens with zero attached hydrogens (tertiary/aromatic N) is 1. The summed E-state index contributed by atoms with van der Waals surface area (Å²) in [6.45, 7) is 0.815. The van der Waals surface area contributed by atoms with Gasteiger partial charge in [0, 0.05) is 19.3 Å². The molecule has 0 radical (unpaired) electrons. The molecular formula is C15H22N2O. The van der Waals surface area contributed by atoms with Gasteiger partial charge in [0.05, 0.1) is 0 Å². The standard InChI is InChI=1S/C15H22N2O/c1-17(14-10-6-3-7-11-14)15(18)16-12-13-8-4-2-5-9-13/h3,6-7,10-11,13H,2,4-5,8-9,12H2,1H3,(H,16,18). The molecule has 3 nitrogen and oxygen atoms in total. The lowest BCUT2D eigenvalue weighted by molar-refractivity contribution is 0.243. The second-order valence-electron chi connectivity index (χ2n) is 5.08. The lowest BCUT2D eigenvalue weighted by Gasteiger charge is -2.24. The van der Waals surface area contributed by atoms with E-state index in [1.54, 1.807) is 4.90 Å². The third-order valence-electron chi connectivity index (χ3n) is 3.71. The van der Waals surface area contributed by atoms with Crippen molar-refractivity contribution in [1.29, 1.82) is 0 Å². The van der Waals surface area contributed by atoms with Gasteiger partial charge in [0.2, 0.25) is 0 Å². The summed E-state index contributed by atoms with van der Waals surface area (Å²) in [4.78, 5) is 13.7. The zero-order chi connectivity index (χ0) is 12.8. The Balaban J connectivity index is 1.80. The van der Waals surface area contributed by atoms with E-state index in [2.05, 4.69) is 5.32 Å². The molecule has 1 saturated carbocycles. The highest BCUT2D eigenvalue weighted by Gasteiger charge is 2.16.